The zero-order valence-electron chi connectivity index (χ0n) is 22.0. The van der Waals surface area contributed by atoms with E-state index in [1.165, 1.54) is 0 Å². The molecule has 0 saturated carbocycles. The van der Waals surface area contributed by atoms with Crippen molar-refractivity contribution in [2.45, 2.75) is 32.9 Å². The van der Waals surface area contributed by atoms with E-state index < -0.39 is 0 Å². The van der Waals surface area contributed by atoms with Gasteiger partial charge in [-0.3, -0.25) is 14.8 Å². The van der Waals surface area contributed by atoms with Gasteiger partial charge < -0.3 is 5.32 Å². The van der Waals surface area contributed by atoms with Gasteiger partial charge in [-0.2, -0.15) is 0 Å². The second kappa shape index (κ2) is 10.1. The van der Waals surface area contributed by atoms with E-state index in [0.29, 0.717) is 5.56 Å². The summed E-state index contributed by atoms with van der Waals surface area (Å²) >= 11 is 1.63. The number of aromatic nitrogens is 2. The summed E-state index contributed by atoms with van der Waals surface area (Å²) in [5.74, 6) is -0.192. The highest BCUT2D eigenvalue weighted by atomic mass is 32.1. The summed E-state index contributed by atoms with van der Waals surface area (Å²) in [6.45, 7) is 11.7. The van der Waals surface area contributed by atoms with Crippen LogP contribution in [0.25, 0.3) is 32.2 Å². The van der Waals surface area contributed by atoms with Crippen LogP contribution in [0.4, 0.5) is 15.8 Å². The molecule has 0 bridgehead atoms. The number of thiazole rings is 1. The summed E-state index contributed by atoms with van der Waals surface area (Å²) in [5.41, 5.74) is 8.22. The summed E-state index contributed by atoms with van der Waals surface area (Å²) in [4.78, 5) is 13.9. The molecule has 0 aliphatic carbocycles. The van der Waals surface area contributed by atoms with Gasteiger partial charge in [-0.25, -0.2) is 9.37 Å². The van der Waals surface area contributed by atoms with E-state index in [2.05, 4.69) is 64.1 Å². The lowest BCUT2D eigenvalue weighted by molar-refractivity contribution is 0.0591. The fourth-order valence-electron chi connectivity index (χ4n) is 5.24. The second-order valence-electron chi connectivity index (χ2n) is 11.0. The number of rotatable bonds is 5. The molecule has 194 valence electrons. The Bertz CT molecular complexity index is 1600. The molecular formula is C31H32FN5S. The van der Waals surface area contributed by atoms with Crippen LogP contribution < -0.4 is 5.32 Å². The quantitative estimate of drug-likeness (QED) is 0.261. The van der Waals surface area contributed by atoms with Crippen LogP contribution in [0.15, 0.2) is 72.4 Å². The molecule has 3 heterocycles. The highest BCUT2D eigenvalue weighted by molar-refractivity contribution is 7.16. The van der Waals surface area contributed by atoms with Crippen molar-refractivity contribution in [3.05, 3.63) is 83.8 Å². The number of halogens is 1. The number of hydrogen-bond acceptors (Lipinski definition) is 6. The van der Waals surface area contributed by atoms with Gasteiger partial charge in [-0.05, 0) is 74.4 Å². The minimum atomic E-state index is -0.192. The highest BCUT2D eigenvalue weighted by Gasteiger charge is 2.25. The summed E-state index contributed by atoms with van der Waals surface area (Å²) < 4.78 is 16.6. The maximum Gasteiger partial charge on any atom is 0.131 e. The number of fused-ring (bicyclic) bond motifs is 2. The van der Waals surface area contributed by atoms with Crippen LogP contribution in [0.2, 0.25) is 0 Å². The van der Waals surface area contributed by atoms with E-state index in [-0.39, 0.29) is 11.4 Å². The Morgan fingerprint density at radius 3 is 2.53 bits per heavy atom. The van der Waals surface area contributed by atoms with Crippen LogP contribution in [0, 0.1) is 5.82 Å². The van der Waals surface area contributed by atoms with E-state index >= 15 is 4.39 Å². The Balaban J connectivity index is 1.22. The molecule has 5 aromatic rings. The zero-order valence-corrected chi connectivity index (χ0v) is 22.9. The van der Waals surface area contributed by atoms with Gasteiger partial charge in [0.1, 0.15) is 5.82 Å². The molecule has 1 N–H and O–H groups in total. The predicted octanol–water partition coefficient (Wildman–Crippen LogP) is 7.31. The largest absolute Gasteiger partial charge is 0.355 e. The van der Waals surface area contributed by atoms with Crippen molar-refractivity contribution in [2.24, 2.45) is 0 Å². The van der Waals surface area contributed by atoms with Crippen LogP contribution in [0.1, 0.15) is 26.3 Å². The lowest BCUT2D eigenvalue weighted by Crippen LogP contribution is -2.53. The number of piperazine rings is 1. The summed E-state index contributed by atoms with van der Waals surface area (Å²) in [5, 5.41) is 4.46. The Labute approximate surface area is 227 Å². The van der Waals surface area contributed by atoms with Crippen molar-refractivity contribution in [1.29, 1.82) is 0 Å². The molecule has 0 spiro atoms. The summed E-state index contributed by atoms with van der Waals surface area (Å²) in [6, 6.07) is 19.7. The second-order valence-corrected chi connectivity index (χ2v) is 11.9. The molecule has 1 aliphatic rings. The van der Waals surface area contributed by atoms with Crippen LogP contribution in [0.3, 0.4) is 0 Å². The smallest absolute Gasteiger partial charge is 0.131 e. The standard InChI is InChI=1S/C31H32FN5S/c1-31(2,3)37-14-12-36(13-15-37)19-21-4-7-24(26(32)16-21)22-5-8-27-25(17-22)28(10-11-33-27)35-23-6-9-30-29(18-23)34-20-38-30/h4-11,16-18,20H,12-15,19H2,1-3H3,(H,33,35). The van der Waals surface area contributed by atoms with Crippen LogP contribution >= 0.6 is 11.3 Å². The van der Waals surface area contributed by atoms with Crippen molar-refractivity contribution in [3.8, 4) is 11.1 Å². The van der Waals surface area contributed by atoms with E-state index in [9.17, 15) is 0 Å². The molecule has 0 amide bonds. The predicted molar refractivity (Wildman–Crippen MR) is 157 cm³/mol. The molecule has 0 radical (unpaired) electrons. The number of pyridine rings is 1. The molecule has 1 fully saturated rings. The third-order valence-corrected chi connectivity index (χ3v) is 8.23. The first-order valence-corrected chi connectivity index (χ1v) is 14.0. The molecule has 1 saturated heterocycles. The number of nitrogens with one attached hydrogen (secondary N) is 1. The normalized spacial score (nSPS) is 15.4. The highest BCUT2D eigenvalue weighted by Crippen LogP contribution is 2.32. The van der Waals surface area contributed by atoms with Gasteiger partial charge in [-0.15, -0.1) is 11.3 Å². The first kappa shape index (κ1) is 24.9. The average molecular weight is 526 g/mol. The topological polar surface area (TPSA) is 44.3 Å². The Morgan fingerprint density at radius 2 is 1.74 bits per heavy atom. The molecule has 1 aliphatic heterocycles. The number of anilines is 2. The van der Waals surface area contributed by atoms with Gasteiger partial charge in [0, 0.05) is 66.8 Å². The molecule has 38 heavy (non-hydrogen) atoms. The van der Waals surface area contributed by atoms with Crippen molar-refractivity contribution in [2.75, 3.05) is 31.5 Å². The monoisotopic (exact) mass is 525 g/mol. The number of hydrogen-bond donors (Lipinski definition) is 1. The van der Waals surface area contributed by atoms with Crippen LogP contribution in [-0.2, 0) is 6.54 Å². The first-order valence-electron chi connectivity index (χ1n) is 13.1. The summed E-state index contributed by atoms with van der Waals surface area (Å²) in [6.07, 6.45) is 1.79. The van der Waals surface area contributed by atoms with Gasteiger partial charge in [0.05, 0.1) is 21.2 Å². The van der Waals surface area contributed by atoms with Crippen LogP contribution in [0.5, 0.6) is 0 Å². The third-order valence-electron chi connectivity index (χ3n) is 7.42. The van der Waals surface area contributed by atoms with E-state index in [1.54, 1.807) is 23.6 Å². The van der Waals surface area contributed by atoms with Crippen molar-refractivity contribution in [3.63, 3.8) is 0 Å². The summed E-state index contributed by atoms with van der Waals surface area (Å²) in [7, 11) is 0. The van der Waals surface area contributed by atoms with Gasteiger partial charge in [-0.1, -0.05) is 18.2 Å². The van der Waals surface area contributed by atoms with Gasteiger partial charge >= 0.3 is 0 Å². The van der Waals surface area contributed by atoms with Crippen molar-refractivity contribution < 1.29 is 4.39 Å². The lowest BCUT2D eigenvalue weighted by Gasteiger charge is -2.42. The first-order chi connectivity index (χ1) is 18.3. The molecule has 6 rings (SSSR count). The van der Waals surface area contributed by atoms with Gasteiger partial charge in [0.25, 0.3) is 0 Å². The molecule has 5 nitrogen and oxygen atoms in total. The van der Waals surface area contributed by atoms with Crippen LogP contribution in [-0.4, -0.2) is 51.5 Å². The Kier molecular flexibility index (Phi) is 6.60. The van der Waals surface area contributed by atoms with Gasteiger partial charge in [0.2, 0.25) is 0 Å². The SMILES string of the molecule is CC(C)(C)N1CCN(Cc2ccc(-c3ccc4nccc(Nc5ccc6scnc6c5)c4c3)c(F)c2)CC1. The molecule has 0 unspecified atom stereocenters. The van der Waals surface area contributed by atoms with E-state index in [0.717, 1.165) is 76.3 Å². The minimum Gasteiger partial charge on any atom is -0.355 e. The molecule has 3 aromatic carbocycles. The van der Waals surface area contributed by atoms with Crippen molar-refractivity contribution in [1.82, 2.24) is 19.8 Å². The molecule has 7 heteroatoms. The molecule has 0 atom stereocenters. The molecular weight excluding hydrogens is 493 g/mol. The fourth-order valence-corrected chi connectivity index (χ4v) is 5.90. The number of benzene rings is 3. The van der Waals surface area contributed by atoms with E-state index in [4.69, 9.17) is 0 Å². The Morgan fingerprint density at radius 1 is 0.895 bits per heavy atom. The fraction of sp³-hybridized carbons (Fsp3) is 0.290. The maximum absolute atomic E-state index is 15.4. The lowest BCUT2D eigenvalue weighted by atomic mass is 10.00. The minimum absolute atomic E-state index is 0.192. The zero-order chi connectivity index (χ0) is 26.3. The molecule has 2 aromatic heterocycles. The average Bonchev–Trinajstić information content (AvgIpc) is 3.37. The maximum atomic E-state index is 15.4. The van der Waals surface area contributed by atoms with Crippen molar-refractivity contribution >= 4 is 43.8 Å². The van der Waals surface area contributed by atoms with Gasteiger partial charge in [0.15, 0.2) is 0 Å². The number of nitrogens with zero attached hydrogens (tertiary/aromatic N) is 4. The Hall–Kier alpha value is -3.39. The third kappa shape index (κ3) is 5.14. The van der Waals surface area contributed by atoms with E-state index in [1.807, 2.05) is 41.9 Å².